The minimum atomic E-state index is -0.579. The molecule has 0 bridgehead atoms. The Bertz CT molecular complexity index is 1100. The molecule has 0 aliphatic rings. The summed E-state index contributed by atoms with van der Waals surface area (Å²) in [6.45, 7) is 0. The number of methoxy groups -OCH3 is 2. The van der Waals surface area contributed by atoms with E-state index in [-0.39, 0.29) is 11.3 Å². The smallest absolute Gasteiger partial charge is 0.272 e. The van der Waals surface area contributed by atoms with Crippen LogP contribution in [0.2, 0.25) is 0 Å². The third kappa shape index (κ3) is 5.66. The van der Waals surface area contributed by atoms with Gasteiger partial charge >= 0.3 is 0 Å². The van der Waals surface area contributed by atoms with Crippen LogP contribution in [-0.4, -0.2) is 31.0 Å². The zero-order valence-electron chi connectivity index (χ0n) is 16.9. The van der Waals surface area contributed by atoms with Gasteiger partial charge in [0.25, 0.3) is 11.8 Å². The van der Waals surface area contributed by atoms with Crippen LogP contribution in [-0.2, 0) is 4.79 Å². The van der Waals surface area contributed by atoms with Crippen molar-refractivity contribution in [1.82, 2.24) is 10.3 Å². The van der Waals surface area contributed by atoms with Gasteiger partial charge in [0, 0.05) is 23.6 Å². The van der Waals surface area contributed by atoms with Crippen molar-refractivity contribution >= 4 is 23.6 Å². The van der Waals surface area contributed by atoms with Gasteiger partial charge in [-0.2, -0.15) is 0 Å². The SMILES string of the molecule is COc1ccc(C(=O)N/C(=C/c2cccnc2)C(=O)Nc2ccc(F)cc2)cc1OC. The van der Waals surface area contributed by atoms with Crippen LogP contribution < -0.4 is 20.1 Å². The van der Waals surface area contributed by atoms with E-state index in [2.05, 4.69) is 15.6 Å². The molecule has 0 radical (unpaired) electrons. The van der Waals surface area contributed by atoms with Crippen LogP contribution >= 0.6 is 0 Å². The molecule has 2 aromatic carbocycles. The molecule has 2 N–H and O–H groups in total. The number of benzene rings is 2. The average molecular weight is 421 g/mol. The molecule has 0 unspecified atom stereocenters. The molecule has 0 spiro atoms. The zero-order chi connectivity index (χ0) is 22.2. The Morgan fingerprint density at radius 1 is 1.00 bits per heavy atom. The lowest BCUT2D eigenvalue weighted by molar-refractivity contribution is -0.113. The van der Waals surface area contributed by atoms with Crippen molar-refractivity contribution in [3.8, 4) is 11.5 Å². The standard InChI is InChI=1S/C23H20FN3O4/c1-30-20-10-5-16(13-21(20)31-2)22(28)27-19(12-15-4-3-11-25-14-15)23(29)26-18-8-6-17(24)7-9-18/h3-14H,1-2H3,(H,26,29)(H,27,28)/b19-12+. The van der Waals surface area contributed by atoms with Gasteiger partial charge in [-0.15, -0.1) is 0 Å². The van der Waals surface area contributed by atoms with Crippen LogP contribution in [0.1, 0.15) is 15.9 Å². The number of rotatable bonds is 7. The summed E-state index contributed by atoms with van der Waals surface area (Å²) in [6.07, 6.45) is 4.63. The summed E-state index contributed by atoms with van der Waals surface area (Å²) in [5, 5.41) is 5.25. The molecule has 8 heteroatoms. The molecule has 0 atom stereocenters. The van der Waals surface area contributed by atoms with E-state index < -0.39 is 17.6 Å². The van der Waals surface area contributed by atoms with Gasteiger partial charge in [0.05, 0.1) is 14.2 Å². The van der Waals surface area contributed by atoms with Gasteiger partial charge in [-0.05, 0) is 60.2 Å². The van der Waals surface area contributed by atoms with Crippen LogP contribution in [0.15, 0.2) is 72.7 Å². The van der Waals surface area contributed by atoms with E-state index in [1.54, 1.807) is 36.7 Å². The minimum absolute atomic E-state index is 0.0166. The van der Waals surface area contributed by atoms with Crippen LogP contribution in [0.5, 0.6) is 11.5 Å². The average Bonchev–Trinajstić information content (AvgIpc) is 2.80. The summed E-state index contributed by atoms with van der Waals surface area (Å²) >= 11 is 0. The van der Waals surface area contributed by atoms with Crippen molar-refractivity contribution in [2.45, 2.75) is 0 Å². The molecule has 0 fully saturated rings. The zero-order valence-corrected chi connectivity index (χ0v) is 16.9. The van der Waals surface area contributed by atoms with Gasteiger partial charge in [0.15, 0.2) is 11.5 Å². The van der Waals surface area contributed by atoms with E-state index in [4.69, 9.17) is 9.47 Å². The highest BCUT2D eigenvalue weighted by atomic mass is 19.1. The predicted molar refractivity (Wildman–Crippen MR) is 114 cm³/mol. The van der Waals surface area contributed by atoms with Gasteiger partial charge in [-0.25, -0.2) is 4.39 Å². The molecule has 1 aromatic heterocycles. The first-order valence-electron chi connectivity index (χ1n) is 9.22. The quantitative estimate of drug-likeness (QED) is 0.569. The molecule has 7 nitrogen and oxygen atoms in total. The Morgan fingerprint density at radius 2 is 1.74 bits per heavy atom. The van der Waals surface area contributed by atoms with Crippen molar-refractivity contribution in [2.24, 2.45) is 0 Å². The number of hydrogen-bond acceptors (Lipinski definition) is 5. The molecule has 1 heterocycles. The molecular weight excluding hydrogens is 401 g/mol. The van der Waals surface area contributed by atoms with E-state index in [0.29, 0.717) is 22.7 Å². The van der Waals surface area contributed by atoms with Gasteiger partial charge in [-0.3, -0.25) is 14.6 Å². The Labute approximate surface area is 178 Å². The fourth-order valence-electron chi connectivity index (χ4n) is 2.69. The predicted octanol–water partition coefficient (Wildman–Crippen LogP) is 3.65. The molecule has 3 rings (SSSR count). The Hall–Kier alpha value is -4.20. The maximum Gasteiger partial charge on any atom is 0.272 e. The third-order valence-electron chi connectivity index (χ3n) is 4.24. The second-order valence-corrected chi connectivity index (χ2v) is 6.33. The molecule has 0 aliphatic heterocycles. The van der Waals surface area contributed by atoms with Crippen LogP contribution in [0.3, 0.4) is 0 Å². The van der Waals surface area contributed by atoms with Gasteiger partial charge < -0.3 is 20.1 Å². The summed E-state index contributed by atoms with van der Waals surface area (Å²) in [5.41, 5.74) is 1.24. The number of pyridine rings is 1. The highest BCUT2D eigenvalue weighted by Crippen LogP contribution is 2.27. The van der Waals surface area contributed by atoms with Crippen molar-refractivity contribution in [1.29, 1.82) is 0 Å². The molecule has 31 heavy (non-hydrogen) atoms. The van der Waals surface area contributed by atoms with E-state index >= 15 is 0 Å². The first kappa shape index (κ1) is 21.5. The number of amides is 2. The first-order valence-corrected chi connectivity index (χ1v) is 9.22. The molecular formula is C23H20FN3O4. The Kier molecular flexibility index (Phi) is 6.95. The topological polar surface area (TPSA) is 89.5 Å². The maximum atomic E-state index is 13.1. The second kappa shape index (κ2) is 10.0. The van der Waals surface area contributed by atoms with Gasteiger partial charge in [0.2, 0.25) is 0 Å². The number of halogens is 1. The van der Waals surface area contributed by atoms with E-state index in [1.165, 1.54) is 50.6 Å². The first-order chi connectivity index (χ1) is 15.0. The van der Waals surface area contributed by atoms with Crippen LogP contribution in [0, 0.1) is 5.82 Å². The Morgan fingerprint density at radius 3 is 2.39 bits per heavy atom. The van der Waals surface area contributed by atoms with E-state index in [1.807, 2.05) is 0 Å². The monoisotopic (exact) mass is 421 g/mol. The molecule has 2 amide bonds. The van der Waals surface area contributed by atoms with Crippen molar-refractivity contribution in [2.75, 3.05) is 19.5 Å². The van der Waals surface area contributed by atoms with Crippen LogP contribution in [0.25, 0.3) is 6.08 Å². The van der Waals surface area contributed by atoms with Gasteiger partial charge in [-0.1, -0.05) is 6.07 Å². The number of hydrogen-bond donors (Lipinski definition) is 2. The highest BCUT2D eigenvalue weighted by molar-refractivity contribution is 6.10. The number of nitrogens with zero attached hydrogens (tertiary/aromatic N) is 1. The summed E-state index contributed by atoms with van der Waals surface area (Å²) in [4.78, 5) is 29.7. The minimum Gasteiger partial charge on any atom is -0.493 e. The van der Waals surface area contributed by atoms with Crippen molar-refractivity contribution in [3.05, 3.63) is 89.6 Å². The van der Waals surface area contributed by atoms with Crippen molar-refractivity contribution in [3.63, 3.8) is 0 Å². The second-order valence-electron chi connectivity index (χ2n) is 6.33. The number of ether oxygens (including phenoxy) is 2. The van der Waals surface area contributed by atoms with E-state index in [0.717, 1.165) is 0 Å². The number of carbonyl (C=O) groups excluding carboxylic acids is 2. The summed E-state index contributed by atoms with van der Waals surface area (Å²) in [6, 6.07) is 13.4. The fourth-order valence-corrected chi connectivity index (χ4v) is 2.69. The summed E-state index contributed by atoms with van der Waals surface area (Å²) < 4.78 is 23.5. The van der Waals surface area contributed by atoms with Gasteiger partial charge in [0.1, 0.15) is 11.5 Å². The molecule has 158 valence electrons. The maximum absolute atomic E-state index is 13.1. The molecule has 0 saturated carbocycles. The lowest BCUT2D eigenvalue weighted by Gasteiger charge is -2.13. The molecule has 3 aromatic rings. The lowest BCUT2D eigenvalue weighted by atomic mass is 10.1. The number of nitrogens with one attached hydrogen (secondary N) is 2. The summed E-state index contributed by atoms with van der Waals surface area (Å²) in [5.74, 6) is -0.677. The molecule has 0 saturated heterocycles. The number of aromatic nitrogens is 1. The van der Waals surface area contributed by atoms with Crippen molar-refractivity contribution < 1.29 is 23.5 Å². The summed E-state index contributed by atoms with van der Waals surface area (Å²) in [7, 11) is 2.95. The number of anilines is 1. The van der Waals surface area contributed by atoms with Crippen LogP contribution in [0.4, 0.5) is 10.1 Å². The lowest BCUT2D eigenvalue weighted by Crippen LogP contribution is -2.30. The molecule has 0 aliphatic carbocycles. The Balaban J connectivity index is 1.87. The number of carbonyl (C=O) groups is 2. The highest BCUT2D eigenvalue weighted by Gasteiger charge is 2.17. The fraction of sp³-hybridized carbons (Fsp3) is 0.0870. The normalized spacial score (nSPS) is 10.9. The largest absolute Gasteiger partial charge is 0.493 e. The third-order valence-corrected chi connectivity index (χ3v) is 4.24. The van der Waals surface area contributed by atoms with E-state index in [9.17, 15) is 14.0 Å².